The topological polar surface area (TPSA) is 53.9 Å². The molecule has 138 valence electrons. The summed E-state index contributed by atoms with van der Waals surface area (Å²) in [5, 5.41) is 2.85. The Morgan fingerprint density at radius 1 is 1.20 bits per heavy atom. The number of likely N-dealkylation sites (tertiary alicyclic amines) is 1. The van der Waals surface area contributed by atoms with Crippen molar-refractivity contribution >= 4 is 17.5 Å². The van der Waals surface area contributed by atoms with Gasteiger partial charge in [-0.1, -0.05) is 31.5 Å². The number of quaternary nitrogens is 1. The highest BCUT2D eigenvalue weighted by molar-refractivity contribution is 5.94. The highest BCUT2D eigenvalue weighted by Crippen LogP contribution is 2.13. The van der Waals surface area contributed by atoms with Crippen molar-refractivity contribution in [3.8, 4) is 0 Å². The van der Waals surface area contributed by atoms with Crippen LogP contribution in [0.4, 0.5) is 5.69 Å². The lowest BCUT2D eigenvalue weighted by molar-refractivity contribution is -0.926. The van der Waals surface area contributed by atoms with Crippen LogP contribution in [0.25, 0.3) is 0 Å². The van der Waals surface area contributed by atoms with E-state index in [1.807, 2.05) is 38.1 Å². The van der Waals surface area contributed by atoms with E-state index in [9.17, 15) is 9.59 Å². The van der Waals surface area contributed by atoms with Crippen molar-refractivity contribution in [3.63, 3.8) is 0 Å². The quantitative estimate of drug-likeness (QED) is 0.845. The molecule has 2 amide bonds. The minimum Gasteiger partial charge on any atom is -0.331 e. The third kappa shape index (κ3) is 5.56. The van der Waals surface area contributed by atoms with E-state index in [1.54, 1.807) is 11.9 Å². The number of benzene rings is 1. The number of hydrogen-bond acceptors (Lipinski definition) is 2. The summed E-state index contributed by atoms with van der Waals surface area (Å²) in [5.41, 5.74) is 1.90. The molecule has 2 rings (SSSR count). The Hall–Kier alpha value is -1.88. The molecule has 1 aromatic carbocycles. The van der Waals surface area contributed by atoms with E-state index in [2.05, 4.69) is 19.2 Å². The maximum absolute atomic E-state index is 12.7. The van der Waals surface area contributed by atoms with Crippen molar-refractivity contribution in [1.82, 2.24) is 4.90 Å². The van der Waals surface area contributed by atoms with Crippen molar-refractivity contribution < 1.29 is 14.5 Å². The Morgan fingerprint density at radius 3 is 2.32 bits per heavy atom. The SMILES string of the molecule is Cc1ccc(NC(=O)CN(C)C(=O)[C@H](C)[NH+]2C[C@@H](C)C[C@H](C)C2)cc1. The van der Waals surface area contributed by atoms with Gasteiger partial charge in [-0.2, -0.15) is 0 Å². The molecule has 25 heavy (non-hydrogen) atoms. The molecule has 0 spiro atoms. The van der Waals surface area contributed by atoms with Gasteiger partial charge in [0.05, 0.1) is 19.6 Å². The second-order valence-electron chi connectivity index (χ2n) is 7.84. The maximum Gasteiger partial charge on any atom is 0.280 e. The second kappa shape index (κ2) is 8.48. The molecule has 0 bridgehead atoms. The molecule has 1 aliphatic rings. The van der Waals surface area contributed by atoms with Crippen LogP contribution in [0.15, 0.2) is 24.3 Å². The number of nitrogens with zero attached hydrogens (tertiary/aromatic N) is 1. The molecule has 0 aromatic heterocycles. The van der Waals surface area contributed by atoms with Gasteiger partial charge in [0, 0.05) is 24.6 Å². The van der Waals surface area contributed by atoms with Crippen LogP contribution in [0.3, 0.4) is 0 Å². The Kier molecular flexibility index (Phi) is 6.59. The zero-order chi connectivity index (χ0) is 18.6. The zero-order valence-electron chi connectivity index (χ0n) is 16.1. The van der Waals surface area contributed by atoms with Crippen LogP contribution >= 0.6 is 0 Å². The van der Waals surface area contributed by atoms with E-state index < -0.39 is 0 Å². The second-order valence-corrected chi connectivity index (χ2v) is 7.84. The van der Waals surface area contributed by atoms with Gasteiger partial charge >= 0.3 is 0 Å². The molecule has 1 aromatic rings. The average Bonchev–Trinajstić information content (AvgIpc) is 2.54. The Labute approximate surface area is 151 Å². The molecular weight excluding hydrogens is 314 g/mol. The summed E-state index contributed by atoms with van der Waals surface area (Å²) in [6.07, 6.45) is 1.24. The Bertz CT molecular complexity index is 589. The third-order valence-electron chi connectivity index (χ3n) is 5.10. The van der Waals surface area contributed by atoms with E-state index in [0.717, 1.165) is 24.3 Å². The Balaban J connectivity index is 1.88. The number of rotatable bonds is 5. The molecule has 5 nitrogen and oxygen atoms in total. The number of amides is 2. The molecular formula is C20H32N3O2+. The number of likely N-dealkylation sites (N-methyl/N-ethyl adjacent to an activating group) is 1. The minimum atomic E-state index is -0.165. The van der Waals surface area contributed by atoms with Gasteiger partial charge < -0.3 is 15.1 Å². The van der Waals surface area contributed by atoms with E-state index >= 15 is 0 Å². The highest BCUT2D eigenvalue weighted by atomic mass is 16.2. The molecule has 0 saturated carbocycles. The van der Waals surface area contributed by atoms with E-state index in [1.165, 1.54) is 11.3 Å². The summed E-state index contributed by atoms with van der Waals surface area (Å²) in [6.45, 7) is 10.6. The van der Waals surface area contributed by atoms with Gasteiger partial charge in [0.2, 0.25) is 5.91 Å². The molecule has 0 radical (unpaired) electrons. The fourth-order valence-electron chi connectivity index (χ4n) is 3.82. The van der Waals surface area contributed by atoms with Crippen molar-refractivity contribution in [3.05, 3.63) is 29.8 Å². The highest BCUT2D eigenvalue weighted by Gasteiger charge is 2.34. The van der Waals surface area contributed by atoms with Crippen LogP contribution in [0.5, 0.6) is 0 Å². The third-order valence-corrected chi connectivity index (χ3v) is 5.10. The van der Waals surface area contributed by atoms with Crippen LogP contribution in [0.2, 0.25) is 0 Å². The molecule has 3 atom stereocenters. The molecule has 0 unspecified atom stereocenters. The van der Waals surface area contributed by atoms with Gasteiger partial charge in [-0.15, -0.1) is 0 Å². The molecule has 0 aliphatic carbocycles. The fraction of sp³-hybridized carbons (Fsp3) is 0.600. The monoisotopic (exact) mass is 346 g/mol. The predicted octanol–water partition coefficient (Wildman–Crippen LogP) is 1.34. The standard InChI is InChI=1S/C20H31N3O2/c1-14-6-8-18(9-7-14)21-19(24)13-22(5)20(25)17(4)23-11-15(2)10-16(3)12-23/h6-9,15-17H,10-13H2,1-5H3,(H,21,24)/p+1/t15-,16-,17-/m0/s1. The molecule has 1 aliphatic heterocycles. The largest absolute Gasteiger partial charge is 0.331 e. The van der Waals surface area contributed by atoms with Crippen molar-refractivity contribution in [1.29, 1.82) is 0 Å². The summed E-state index contributed by atoms with van der Waals surface area (Å²) < 4.78 is 0. The first-order valence-corrected chi connectivity index (χ1v) is 9.22. The number of anilines is 1. The number of hydrogen-bond donors (Lipinski definition) is 2. The lowest BCUT2D eigenvalue weighted by Crippen LogP contribution is -3.18. The summed E-state index contributed by atoms with van der Waals surface area (Å²) in [6, 6.07) is 7.54. The molecule has 2 N–H and O–H groups in total. The minimum absolute atomic E-state index is 0.0374. The first-order chi connectivity index (χ1) is 11.8. The normalized spacial score (nSPS) is 24.4. The molecule has 5 heteroatoms. The number of carbonyl (C=O) groups is 2. The Morgan fingerprint density at radius 2 is 1.76 bits per heavy atom. The fourth-order valence-corrected chi connectivity index (χ4v) is 3.82. The first kappa shape index (κ1) is 19.4. The van der Waals surface area contributed by atoms with Crippen LogP contribution in [-0.2, 0) is 9.59 Å². The van der Waals surface area contributed by atoms with Gasteiger partial charge in [-0.05, 0) is 32.4 Å². The number of carbonyl (C=O) groups excluding carboxylic acids is 2. The average molecular weight is 346 g/mol. The summed E-state index contributed by atoms with van der Waals surface area (Å²) in [4.78, 5) is 27.8. The number of aryl methyl sites for hydroxylation is 1. The van der Waals surface area contributed by atoms with E-state index in [4.69, 9.17) is 0 Å². The van der Waals surface area contributed by atoms with Crippen molar-refractivity contribution in [2.45, 2.75) is 40.2 Å². The smallest absolute Gasteiger partial charge is 0.280 e. The van der Waals surface area contributed by atoms with Crippen molar-refractivity contribution in [2.24, 2.45) is 11.8 Å². The van der Waals surface area contributed by atoms with Gasteiger partial charge in [0.1, 0.15) is 0 Å². The lowest BCUT2D eigenvalue weighted by Gasteiger charge is -2.36. The van der Waals surface area contributed by atoms with Crippen LogP contribution in [0, 0.1) is 18.8 Å². The van der Waals surface area contributed by atoms with Gasteiger partial charge in [-0.3, -0.25) is 9.59 Å². The predicted molar refractivity (Wildman–Crippen MR) is 101 cm³/mol. The van der Waals surface area contributed by atoms with Gasteiger partial charge in [0.25, 0.3) is 5.91 Å². The molecule has 1 heterocycles. The number of piperidine rings is 1. The summed E-state index contributed by atoms with van der Waals surface area (Å²) in [7, 11) is 1.71. The van der Waals surface area contributed by atoms with Crippen molar-refractivity contribution in [2.75, 3.05) is 32.0 Å². The maximum atomic E-state index is 12.7. The van der Waals surface area contributed by atoms with E-state index in [-0.39, 0.29) is 24.4 Å². The summed E-state index contributed by atoms with van der Waals surface area (Å²) in [5.74, 6) is 1.16. The van der Waals surface area contributed by atoms with Crippen LogP contribution in [-0.4, -0.2) is 49.4 Å². The van der Waals surface area contributed by atoms with Gasteiger partial charge in [-0.25, -0.2) is 0 Å². The van der Waals surface area contributed by atoms with Crippen LogP contribution < -0.4 is 10.2 Å². The number of nitrogens with one attached hydrogen (secondary N) is 2. The van der Waals surface area contributed by atoms with Gasteiger partial charge in [0.15, 0.2) is 6.04 Å². The molecule has 1 saturated heterocycles. The summed E-state index contributed by atoms with van der Waals surface area (Å²) >= 11 is 0. The zero-order valence-corrected chi connectivity index (χ0v) is 16.1. The molecule has 1 fully saturated rings. The lowest BCUT2D eigenvalue weighted by atomic mass is 9.91. The first-order valence-electron chi connectivity index (χ1n) is 9.22. The van der Waals surface area contributed by atoms with E-state index in [0.29, 0.717) is 11.8 Å². The van der Waals surface area contributed by atoms with Crippen LogP contribution in [0.1, 0.15) is 32.8 Å².